The molecule has 1 N–H and O–H groups in total. The maximum absolute atomic E-state index is 13.6. The molecule has 1 aromatic carbocycles. The first-order chi connectivity index (χ1) is 8.16. The molecule has 1 nitrogen and oxygen atoms in total. The zero-order chi connectivity index (χ0) is 12.3. The second-order valence-corrected chi connectivity index (χ2v) is 5.84. The third-order valence-corrected chi connectivity index (χ3v) is 3.85. The number of hydrogen-bond donors (Lipinski definition) is 1. The summed E-state index contributed by atoms with van der Waals surface area (Å²) >= 11 is 3.38. The van der Waals surface area contributed by atoms with E-state index in [2.05, 4.69) is 21.2 Å². The zero-order valence-corrected chi connectivity index (χ0v) is 11.8. The van der Waals surface area contributed by atoms with Crippen molar-refractivity contribution in [2.24, 2.45) is 5.92 Å². The van der Waals surface area contributed by atoms with Crippen molar-refractivity contribution in [1.29, 1.82) is 0 Å². The lowest BCUT2D eigenvalue weighted by Crippen LogP contribution is -2.20. The van der Waals surface area contributed by atoms with Crippen molar-refractivity contribution in [3.05, 3.63) is 34.1 Å². The standard InChI is InChI=1S/C14H19BrFN/c1-10(17-8-2-3-11-4-5-11)13-9-12(15)6-7-14(13)16/h6-7,9-11,17H,2-5,8H2,1H3. The Labute approximate surface area is 111 Å². The van der Waals surface area contributed by atoms with Crippen LogP contribution in [-0.4, -0.2) is 6.54 Å². The summed E-state index contributed by atoms with van der Waals surface area (Å²) in [6.45, 7) is 2.99. The topological polar surface area (TPSA) is 12.0 Å². The summed E-state index contributed by atoms with van der Waals surface area (Å²) in [4.78, 5) is 0. The molecular formula is C14H19BrFN. The van der Waals surface area contributed by atoms with Crippen molar-refractivity contribution >= 4 is 15.9 Å². The summed E-state index contributed by atoms with van der Waals surface area (Å²) in [5, 5.41) is 3.39. The van der Waals surface area contributed by atoms with E-state index in [9.17, 15) is 4.39 Å². The molecule has 1 unspecified atom stereocenters. The first-order valence-corrected chi connectivity index (χ1v) is 7.14. The second kappa shape index (κ2) is 5.96. The summed E-state index contributed by atoms with van der Waals surface area (Å²) in [6, 6.07) is 5.18. The monoisotopic (exact) mass is 299 g/mol. The van der Waals surface area contributed by atoms with Crippen molar-refractivity contribution in [1.82, 2.24) is 5.32 Å². The van der Waals surface area contributed by atoms with Crippen LogP contribution in [-0.2, 0) is 0 Å². The van der Waals surface area contributed by atoms with Crippen LogP contribution >= 0.6 is 15.9 Å². The van der Waals surface area contributed by atoms with Gasteiger partial charge in [0.25, 0.3) is 0 Å². The largest absolute Gasteiger partial charge is 0.310 e. The van der Waals surface area contributed by atoms with Crippen LogP contribution in [0, 0.1) is 11.7 Å². The van der Waals surface area contributed by atoms with Gasteiger partial charge in [0.2, 0.25) is 0 Å². The summed E-state index contributed by atoms with van der Waals surface area (Å²) in [5.41, 5.74) is 0.741. The van der Waals surface area contributed by atoms with Gasteiger partial charge in [-0.15, -0.1) is 0 Å². The quantitative estimate of drug-likeness (QED) is 0.766. The summed E-state index contributed by atoms with van der Waals surface area (Å²) in [6.07, 6.45) is 5.34. The maximum Gasteiger partial charge on any atom is 0.128 e. The maximum atomic E-state index is 13.6. The lowest BCUT2D eigenvalue weighted by molar-refractivity contribution is 0.507. The predicted octanol–water partition coefficient (Wildman–Crippen LogP) is 4.43. The first-order valence-electron chi connectivity index (χ1n) is 6.35. The van der Waals surface area contributed by atoms with Crippen molar-refractivity contribution in [3.63, 3.8) is 0 Å². The molecule has 17 heavy (non-hydrogen) atoms. The fourth-order valence-electron chi connectivity index (χ4n) is 2.07. The third kappa shape index (κ3) is 4.07. The Morgan fingerprint density at radius 3 is 2.94 bits per heavy atom. The van der Waals surface area contributed by atoms with Gasteiger partial charge in [-0.1, -0.05) is 28.8 Å². The van der Waals surface area contributed by atoms with Gasteiger partial charge in [-0.25, -0.2) is 4.39 Å². The highest BCUT2D eigenvalue weighted by atomic mass is 79.9. The fourth-order valence-corrected chi connectivity index (χ4v) is 2.45. The van der Waals surface area contributed by atoms with E-state index in [1.165, 1.54) is 31.7 Å². The summed E-state index contributed by atoms with van der Waals surface area (Å²) in [7, 11) is 0. The van der Waals surface area contributed by atoms with Gasteiger partial charge < -0.3 is 5.32 Å². The van der Waals surface area contributed by atoms with Gasteiger partial charge >= 0.3 is 0 Å². The minimum absolute atomic E-state index is 0.0757. The van der Waals surface area contributed by atoms with E-state index in [0.29, 0.717) is 0 Å². The van der Waals surface area contributed by atoms with Crippen LogP contribution in [0.3, 0.4) is 0 Å². The highest BCUT2D eigenvalue weighted by Crippen LogP contribution is 2.33. The van der Waals surface area contributed by atoms with Crippen LogP contribution in [0.2, 0.25) is 0 Å². The van der Waals surface area contributed by atoms with E-state index in [4.69, 9.17) is 0 Å². The molecule has 0 amide bonds. The van der Waals surface area contributed by atoms with Gasteiger partial charge in [0, 0.05) is 16.1 Å². The minimum Gasteiger partial charge on any atom is -0.310 e. The van der Waals surface area contributed by atoms with Crippen LogP contribution < -0.4 is 5.32 Å². The van der Waals surface area contributed by atoms with E-state index in [1.807, 2.05) is 13.0 Å². The zero-order valence-electron chi connectivity index (χ0n) is 10.2. The molecule has 0 aliphatic heterocycles. The molecule has 1 aromatic rings. The van der Waals surface area contributed by atoms with Crippen LogP contribution in [0.4, 0.5) is 4.39 Å². The second-order valence-electron chi connectivity index (χ2n) is 4.93. The number of nitrogens with one attached hydrogen (secondary N) is 1. The van der Waals surface area contributed by atoms with E-state index >= 15 is 0 Å². The van der Waals surface area contributed by atoms with Crippen molar-refractivity contribution in [3.8, 4) is 0 Å². The molecule has 0 heterocycles. The highest BCUT2D eigenvalue weighted by molar-refractivity contribution is 9.10. The molecule has 0 aromatic heterocycles. The van der Waals surface area contributed by atoms with Crippen molar-refractivity contribution < 1.29 is 4.39 Å². The van der Waals surface area contributed by atoms with Gasteiger partial charge in [0.05, 0.1) is 0 Å². The first kappa shape index (κ1) is 13.0. The van der Waals surface area contributed by atoms with Gasteiger partial charge in [0.15, 0.2) is 0 Å². The van der Waals surface area contributed by atoms with E-state index in [1.54, 1.807) is 6.07 Å². The molecule has 1 fully saturated rings. The van der Waals surface area contributed by atoms with Crippen LogP contribution in [0.15, 0.2) is 22.7 Å². The predicted molar refractivity (Wildman–Crippen MR) is 72.5 cm³/mol. The SMILES string of the molecule is CC(NCCCC1CC1)c1cc(Br)ccc1F. The number of hydrogen-bond acceptors (Lipinski definition) is 1. The third-order valence-electron chi connectivity index (χ3n) is 3.36. The number of halogens is 2. The van der Waals surface area contributed by atoms with Gasteiger partial charge in [0.1, 0.15) is 5.82 Å². The van der Waals surface area contributed by atoms with Crippen molar-refractivity contribution in [2.45, 2.75) is 38.6 Å². The van der Waals surface area contributed by atoms with E-state index in [-0.39, 0.29) is 11.9 Å². The Kier molecular flexibility index (Phi) is 4.57. The molecule has 1 saturated carbocycles. The molecule has 0 spiro atoms. The average Bonchev–Trinajstić information content (AvgIpc) is 3.11. The van der Waals surface area contributed by atoms with E-state index < -0.39 is 0 Å². The highest BCUT2D eigenvalue weighted by Gasteiger charge is 2.20. The Morgan fingerprint density at radius 1 is 1.47 bits per heavy atom. The molecular weight excluding hydrogens is 281 g/mol. The van der Waals surface area contributed by atoms with Crippen LogP contribution in [0.5, 0.6) is 0 Å². The molecule has 2 rings (SSSR count). The lowest BCUT2D eigenvalue weighted by Gasteiger charge is -2.15. The number of benzene rings is 1. The normalized spacial score (nSPS) is 17.1. The Bertz CT molecular complexity index is 376. The van der Waals surface area contributed by atoms with Crippen LogP contribution in [0.25, 0.3) is 0 Å². The molecule has 94 valence electrons. The molecule has 1 aliphatic carbocycles. The molecule has 3 heteroatoms. The molecule has 1 atom stereocenters. The smallest absolute Gasteiger partial charge is 0.128 e. The molecule has 1 aliphatic rings. The Morgan fingerprint density at radius 2 is 2.24 bits per heavy atom. The minimum atomic E-state index is -0.129. The Hall–Kier alpha value is -0.410. The summed E-state index contributed by atoms with van der Waals surface area (Å²) in [5.74, 6) is 0.852. The fraction of sp³-hybridized carbons (Fsp3) is 0.571. The van der Waals surface area contributed by atoms with Gasteiger partial charge in [-0.05, 0) is 50.4 Å². The molecule has 0 saturated heterocycles. The van der Waals surface area contributed by atoms with Crippen LogP contribution in [0.1, 0.15) is 44.2 Å². The van der Waals surface area contributed by atoms with Gasteiger partial charge in [-0.2, -0.15) is 0 Å². The summed E-state index contributed by atoms with van der Waals surface area (Å²) < 4.78 is 14.5. The molecule has 0 bridgehead atoms. The average molecular weight is 300 g/mol. The Balaban J connectivity index is 1.80. The lowest BCUT2D eigenvalue weighted by atomic mass is 10.1. The van der Waals surface area contributed by atoms with Gasteiger partial charge in [-0.3, -0.25) is 0 Å². The van der Waals surface area contributed by atoms with E-state index in [0.717, 1.165) is 22.5 Å². The van der Waals surface area contributed by atoms with Crippen molar-refractivity contribution in [2.75, 3.05) is 6.54 Å². The number of rotatable bonds is 6. The molecule has 0 radical (unpaired) electrons.